The minimum Gasteiger partial charge on any atom is -1.00 e. The highest BCUT2D eigenvalue weighted by molar-refractivity contribution is 6.35. The van der Waals surface area contributed by atoms with Crippen LogP contribution in [0.1, 0.15) is 27.3 Å². The number of nitrogens with two attached hydrogens (primary N) is 2. The highest BCUT2D eigenvalue weighted by atomic mass is 35.5. The maximum absolute atomic E-state index is 14.2. The molecule has 1 saturated heterocycles. The third-order valence-corrected chi connectivity index (χ3v) is 9.36. The van der Waals surface area contributed by atoms with Gasteiger partial charge >= 0.3 is 2.85 Å². The number of guanidine groups is 2. The molecule has 0 unspecified atom stereocenters. The van der Waals surface area contributed by atoms with Crippen LogP contribution in [0.5, 0.6) is 5.75 Å². The molecule has 16 nitrogen and oxygen atoms in total. The number of phenolic OH excluding ortho intramolecular Hbond substituents is 1. The monoisotopic (exact) mass is 698 g/mol. The molecule has 4 aliphatic rings. The minimum atomic E-state index is -2.87. The Bertz CT molecular complexity index is 1600. The summed E-state index contributed by atoms with van der Waals surface area (Å²) < 4.78 is 0. The number of carbonyl (C=O) groups is 3. The molecule has 5 rings (SSSR count). The third kappa shape index (κ3) is 5.89. The highest BCUT2D eigenvalue weighted by Gasteiger charge is 2.68. The van der Waals surface area contributed by atoms with E-state index in [2.05, 4.69) is 10.3 Å². The fourth-order valence-electron chi connectivity index (χ4n) is 7.06. The molecule has 2 saturated carbocycles. The number of aliphatic imine (C=N–C) groups is 1. The lowest BCUT2D eigenvalue weighted by atomic mass is 9.53. The van der Waals surface area contributed by atoms with Gasteiger partial charge in [0.25, 0.3) is 0 Å². The van der Waals surface area contributed by atoms with Crippen LogP contribution in [0.4, 0.5) is 0 Å². The summed E-state index contributed by atoms with van der Waals surface area (Å²) in [6.07, 6.45) is -0.245. The zero-order chi connectivity index (χ0) is 33.2. The number of carbonyl (C=O) groups excluding carboxylic acids is 3. The zero-order valence-electron chi connectivity index (χ0n) is 27.9. The van der Waals surface area contributed by atoms with Crippen LogP contribution in [0.25, 0.3) is 5.76 Å². The van der Waals surface area contributed by atoms with Gasteiger partial charge in [-0.2, -0.15) is 4.99 Å². The number of likely N-dealkylation sites (N-methyl/N-ethyl adjacent to an activating group) is 1. The van der Waals surface area contributed by atoms with Gasteiger partial charge in [-0.1, -0.05) is 12.1 Å². The predicted molar refractivity (Wildman–Crippen MR) is 163 cm³/mol. The lowest BCUT2D eigenvalue weighted by Crippen LogP contribution is -3.00. The quantitative estimate of drug-likeness (QED) is 0.0353. The largest absolute Gasteiger partial charge is 1.00 e. The first-order valence-corrected chi connectivity index (χ1v) is 14.4. The van der Waals surface area contributed by atoms with Crippen molar-refractivity contribution in [3.63, 3.8) is 0 Å². The fraction of sp³-hybridized carbons (Fsp3) is 0.483. The number of Topliss-reactive ketones (excluding diaryl/α,β-unsaturated/α-hetero) is 3. The lowest BCUT2D eigenvalue weighted by Gasteiger charge is -2.53. The summed E-state index contributed by atoms with van der Waals surface area (Å²) in [7, 11) is 3.06. The number of fused-ring (bicyclic) bond motifs is 3. The Morgan fingerprint density at radius 3 is 2.30 bits per heavy atom. The molecule has 0 amide bonds. The molecule has 0 bridgehead atoms. The summed E-state index contributed by atoms with van der Waals surface area (Å²) in [6.45, 7) is 2.97. The van der Waals surface area contributed by atoms with Gasteiger partial charge in [-0.3, -0.25) is 29.6 Å². The van der Waals surface area contributed by atoms with Crippen molar-refractivity contribution in [2.45, 2.75) is 30.6 Å². The van der Waals surface area contributed by atoms with Gasteiger partial charge in [-0.25, -0.2) is 0 Å². The van der Waals surface area contributed by atoms with Crippen molar-refractivity contribution in [3.05, 3.63) is 46.4 Å². The number of nitrogens with zero attached hydrogens (tertiary/aromatic N) is 4. The molecule has 3 aliphatic carbocycles. The predicted octanol–water partition coefficient (Wildman–Crippen LogP) is -7.72. The topological polar surface area (TPSA) is 262 Å². The number of nitrogens with one attached hydrogen (secondary N) is 2. The van der Waals surface area contributed by atoms with Crippen LogP contribution in [-0.2, 0) is 20.0 Å². The molecule has 18 heteroatoms. The molecule has 0 spiro atoms. The van der Waals surface area contributed by atoms with E-state index in [-0.39, 0.29) is 63.8 Å². The molecule has 1 heterocycles. The van der Waals surface area contributed by atoms with Gasteiger partial charge in [0.05, 0.1) is 23.9 Å². The van der Waals surface area contributed by atoms with E-state index in [1.54, 1.807) is 4.90 Å². The van der Waals surface area contributed by atoms with E-state index >= 15 is 0 Å². The average molecular weight is 700 g/mol. The molecular weight excluding hydrogens is 659 g/mol. The number of phenols is 1. The van der Waals surface area contributed by atoms with Crippen molar-refractivity contribution in [3.8, 4) is 5.75 Å². The van der Waals surface area contributed by atoms with Gasteiger partial charge < -0.3 is 72.0 Å². The Labute approximate surface area is 285 Å². The van der Waals surface area contributed by atoms with Gasteiger partial charge in [0.15, 0.2) is 23.2 Å². The SMILES string of the molecule is CN(C)[C@H]1C(=O)/C(=C(/O)NCN2CCN(C(=N)N=C(N)N)CC2)C(=O)[C@]2(O)C(=O)C3=C(O)c4c(O)cccc4[C@](C)(O)[C@@H]3C[C@H]12.[Cl-].[Cl-].[H+].[H+]. The summed E-state index contributed by atoms with van der Waals surface area (Å²) in [5, 5.41) is 67.0. The number of rotatable bonds is 4. The van der Waals surface area contributed by atoms with Crippen molar-refractivity contribution >= 4 is 35.0 Å². The molecule has 11 N–H and O–H groups in total. The Morgan fingerprint density at radius 2 is 1.72 bits per heavy atom. The van der Waals surface area contributed by atoms with Crippen LogP contribution in [0.2, 0.25) is 0 Å². The molecule has 3 fully saturated rings. The van der Waals surface area contributed by atoms with E-state index in [4.69, 9.17) is 16.9 Å². The number of aromatic hydroxyl groups is 1. The summed E-state index contributed by atoms with van der Waals surface area (Å²) in [6, 6.07) is 2.97. The van der Waals surface area contributed by atoms with Gasteiger partial charge in [0.2, 0.25) is 17.5 Å². The second-order valence-electron chi connectivity index (χ2n) is 12.2. The zero-order valence-corrected chi connectivity index (χ0v) is 27.4. The van der Waals surface area contributed by atoms with Gasteiger partial charge in [0.1, 0.15) is 17.1 Å². The van der Waals surface area contributed by atoms with Crippen molar-refractivity contribution in [2.75, 3.05) is 46.9 Å². The normalized spacial score (nSPS) is 30.0. The first-order chi connectivity index (χ1) is 21.0. The second-order valence-corrected chi connectivity index (χ2v) is 12.2. The van der Waals surface area contributed by atoms with E-state index < -0.39 is 75.0 Å². The first kappa shape index (κ1) is 37.5. The van der Waals surface area contributed by atoms with E-state index in [1.165, 1.54) is 44.1 Å². The molecule has 47 heavy (non-hydrogen) atoms. The molecule has 1 aliphatic heterocycles. The van der Waals surface area contributed by atoms with Crippen LogP contribution >= 0.6 is 0 Å². The van der Waals surface area contributed by atoms with E-state index in [1.807, 2.05) is 4.90 Å². The number of piperazine rings is 1. The Hall–Kier alpha value is -3.93. The molecule has 258 valence electrons. The maximum atomic E-state index is 14.2. The number of aliphatic hydroxyl groups is 4. The van der Waals surface area contributed by atoms with E-state index in [0.29, 0.717) is 26.2 Å². The third-order valence-electron chi connectivity index (χ3n) is 9.36. The Kier molecular flexibility index (Phi) is 10.6. The summed E-state index contributed by atoms with van der Waals surface area (Å²) in [4.78, 5) is 50.6. The van der Waals surface area contributed by atoms with Crippen LogP contribution < -0.4 is 41.6 Å². The van der Waals surface area contributed by atoms with Gasteiger partial charge in [-0.05, 0) is 39.1 Å². The van der Waals surface area contributed by atoms with Crippen molar-refractivity contribution < 1.29 is 67.6 Å². The standard InChI is InChI=1S/C29H38N8O8.2ClH/c1-28(44)13-5-4-6-16(38)17(13)21(39)18-14(28)11-15-20(35(2)3)22(40)19(24(42)29(15,45)23(18)41)25(43)33-12-36-7-9-37(10-8-36)27(32)34-26(30)31;;/h4-6,14-15,20,33,38-39,43-45H,7-12H2,1-3H3,(H5,30,31,32,34);2*1H/b25-19-;;/t14-,15-,20-,28+,29-;;/m1../s1. The van der Waals surface area contributed by atoms with Crippen LogP contribution in [0.3, 0.4) is 0 Å². The van der Waals surface area contributed by atoms with E-state index in [9.17, 15) is 39.9 Å². The summed E-state index contributed by atoms with van der Waals surface area (Å²) >= 11 is 0. The number of halogens is 2. The molecule has 0 aromatic heterocycles. The molecule has 0 radical (unpaired) electrons. The number of aliphatic hydroxyl groups excluding tert-OH is 2. The van der Waals surface area contributed by atoms with Crippen LogP contribution in [0, 0.1) is 17.2 Å². The number of hydrogen-bond donors (Lipinski definition) is 9. The number of hydrogen-bond acceptors (Lipinski definition) is 12. The maximum Gasteiger partial charge on any atom is 1.00 e. The van der Waals surface area contributed by atoms with E-state index in [0.717, 1.165) is 0 Å². The van der Waals surface area contributed by atoms with Gasteiger partial charge in [-0.15, -0.1) is 0 Å². The Balaban J connectivity index is 0.00000300. The van der Waals surface area contributed by atoms with Crippen molar-refractivity contribution in [1.29, 1.82) is 5.41 Å². The van der Waals surface area contributed by atoms with Crippen LogP contribution in [0.15, 0.2) is 40.2 Å². The molecule has 1 aromatic rings. The first-order valence-electron chi connectivity index (χ1n) is 14.4. The number of benzene rings is 1. The summed E-state index contributed by atoms with van der Waals surface area (Å²) in [5.41, 5.74) is 4.71. The van der Waals surface area contributed by atoms with Gasteiger partial charge in [0, 0.05) is 43.6 Å². The molecule has 1 aromatic carbocycles. The Morgan fingerprint density at radius 1 is 1.11 bits per heavy atom. The summed E-state index contributed by atoms with van der Waals surface area (Å²) in [5.74, 6) is -8.08. The smallest absolute Gasteiger partial charge is 1.00 e. The lowest BCUT2D eigenvalue weighted by molar-refractivity contribution is -0.169. The number of ketones is 3. The fourth-order valence-corrected chi connectivity index (χ4v) is 7.06. The van der Waals surface area contributed by atoms with Crippen LogP contribution in [-0.4, -0.2) is 128 Å². The highest BCUT2D eigenvalue weighted by Crippen LogP contribution is 2.56. The molecular formula is C29H40Cl2N8O8. The minimum absolute atomic E-state index is 0. The molecule has 5 atom stereocenters. The van der Waals surface area contributed by atoms with Crippen molar-refractivity contribution in [1.82, 2.24) is 20.0 Å². The van der Waals surface area contributed by atoms with Crippen molar-refractivity contribution in [2.24, 2.45) is 28.3 Å². The average Bonchev–Trinajstić information content (AvgIpc) is 2.96. The second kappa shape index (κ2) is 13.3.